The van der Waals surface area contributed by atoms with Crippen LogP contribution in [0.2, 0.25) is 0 Å². The van der Waals surface area contributed by atoms with Gasteiger partial charge in [-0.05, 0) is 33.6 Å². The summed E-state index contributed by atoms with van der Waals surface area (Å²) >= 11 is 3.40. The SMILES string of the molecule is CCS(=O)Cc1ccc(OC)c(Br)c1. The monoisotopic (exact) mass is 276 g/mol. The maximum atomic E-state index is 11.3. The predicted molar refractivity (Wildman–Crippen MR) is 63.1 cm³/mol. The summed E-state index contributed by atoms with van der Waals surface area (Å²) < 4.78 is 17.3. The second kappa shape index (κ2) is 5.51. The maximum absolute atomic E-state index is 11.3. The first-order valence-electron chi connectivity index (χ1n) is 4.34. The van der Waals surface area contributed by atoms with Crippen molar-refractivity contribution in [1.29, 1.82) is 0 Å². The van der Waals surface area contributed by atoms with Gasteiger partial charge in [0.1, 0.15) is 5.75 Å². The smallest absolute Gasteiger partial charge is 0.133 e. The van der Waals surface area contributed by atoms with Crippen molar-refractivity contribution < 1.29 is 8.95 Å². The number of rotatable bonds is 4. The molecule has 0 fully saturated rings. The highest BCUT2D eigenvalue weighted by Crippen LogP contribution is 2.25. The van der Waals surface area contributed by atoms with E-state index in [9.17, 15) is 4.21 Å². The molecule has 1 aromatic carbocycles. The van der Waals surface area contributed by atoms with E-state index in [0.29, 0.717) is 11.5 Å². The third-order valence-electron chi connectivity index (χ3n) is 1.87. The van der Waals surface area contributed by atoms with Gasteiger partial charge in [-0.15, -0.1) is 0 Å². The molecule has 4 heteroatoms. The summed E-state index contributed by atoms with van der Waals surface area (Å²) in [7, 11) is 0.872. The van der Waals surface area contributed by atoms with Crippen LogP contribution >= 0.6 is 15.9 Å². The van der Waals surface area contributed by atoms with Crippen LogP contribution < -0.4 is 4.74 Å². The van der Waals surface area contributed by atoms with E-state index in [1.807, 2.05) is 25.1 Å². The lowest BCUT2D eigenvalue weighted by Crippen LogP contribution is -1.97. The Morgan fingerprint density at radius 2 is 2.21 bits per heavy atom. The van der Waals surface area contributed by atoms with Gasteiger partial charge in [-0.2, -0.15) is 0 Å². The molecule has 0 radical (unpaired) electrons. The van der Waals surface area contributed by atoms with Gasteiger partial charge in [0.25, 0.3) is 0 Å². The normalized spacial score (nSPS) is 12.5. The highest BCUT2D eigenvalue weighted by molar-refractivity contribution is 9.10. The summed E-state index contributed by atoms with van der Waals surface area (Å²) in [4.78, 5) is 0. The van der Waals surface area contributed by atoms with E-state index in [1.165, 1.54) is 0 Å². The van der Waals surface area contributed by atoms with Crippen LogP contribution in [-0.2, 0) is 16.6 Å². The van der Waals surface area contributed by atoms with Crippen LogP contribution in [0.15, 0.2) is 22.7 Å². The lowest BCUT2D eigenvalue weighted by molar-refractivity contribution is 0.412. The summed E-state index contributed by atoms with van der Waals surface area (Å²) in [5.74, 6) is 2.11. The molecule has 0 heterocycles. The zero-order valence-electron chi connectivity index (χ0n) is 8.25. The largest absolute Gasteiger partial charge is 0.496 e. The number of benzene rings is 1. The van der Waals surface area contributed by atoms with E-state index < -0.39 is 10.8 Å². The van der Waals surface area contributed by atoms with Gasteiger partial charge >= 0.3 is 0 Å². The second-order valence-corrected chi connectivity index (χ2v) is 5.44. The standard InChI is InChI=1S/C10H13BrO2S/c1-3-14(12)7-8-4-5-10(13-2)9(11)6-8/h4-6H,3,7H2,1-2H3. The van der Waals surface area contributed by atoms with Crippen molar-refractivity contribution in [2.75, 3.05) is 12.9 Å². The van der Waals surface area contributed by atoms with E-state index >= 15 is 0 Å². The Kier molecular flexibility index (Phi) is 4.62. The van der Waals surface area contributed by atoms with Gasteiger partial charge in [-0.1, -0.05) is 13.0 Å². The van der Waals surface area contributed by atoms with Crippen LogP contribution in [0.25, 0.3) is 0 Å². The van der Waals surface area contributed by atoms with E-state index in [-0.39, 0.29) is 0 Å². The maximum Gasteiger partial charge on any atom is 0.133 e. The summed E-state index contributed by atoms with van der Waals surface area (Å²) in [6, 6.07) is 5.77. The van der Waals surface area contributed by atoms with Crippen LogP contribution in [0.1, 0.15) is 12.5 Å². The molecule has 14 heavy (non-hydrogen) atoms. The predicted octanol–water partition coefficient (Wildman–Crippen LogP) is 2.73. The van der Waals surface area contributed by atoms with Gasteiger partial charge in [0.15, 0.2) is 0 Å². The van der Waals surface area contributed by atoms with Crippen LogP contribution in [0, 0.1) is 0 Å². The molecule has 0 saturated heterocycles. The molecule has 0 saturated carbocycles. The molecule has 0 bridgehead atoms. The van der Waals surface area contributed by atoms with Crippen LogP contribution in [-0.4, -0.2) is 17.1 Å². The average molecular weight is 277 g/mol. The molecule has 0 N–H and O–H groups in total. The number of hydrogen-bond donors (Lipinski definition) is 0. The lowest BCUT2D eigenvalue weighted by Gasteiger charge is -2.05. The van der Waals surface area contributed by atoms with Gasteiger partial charge in [-0.3, -0.25) is 4.21 Å². The van der Waals surface area contributed by atoms with Gasteiger partial charge in [0.2, 0.25) is 0 Å². The molecule has 2 nitrogen and oxygen atoms in total. The number of hydrogen-bond acceptors (Lipinski definition) is 2. The van der Waals surface area contributed by atoms with Gasteiger partial charge in [0.05, 0.1) is 11.6 Å². The molecule has 1 unspecified atom stereocenters. The Morgan fingerprint density at radius 1 is 1.50 bits per heavy atom. The van der Waals surface area contributed by atoms with E-state index in [2.05, 4.69) is 15.9 Å². The van der Waals surface area contributed by atoms with Crippen LogP contribution in [0.4, 0.5) is 0 Å². The summed E-state index contributed by atoms with van der Waals surface area (Å²) in [5, 5.41) is 0. The highest BCUT2D eigenvalue weighted by Gasteiger charge is 2.03. The van der Waals surface area contributed by atoms with Gasteiger partial charge in [0, 0.05) is 22.3 Å². The van der Waals surface area contributed by atoms with Crippen molar-refractivity contribution in [3.63, 3.8) is 0 Å². The Balaban J connectivity index is 2.81. The molecular weight excluding hydrogens is 264 g/mol. The first kappa shape index (κ1) is 11.7. The van der Waals surface area contributed by atoms with Gasteiger partial charge in [-0.25, -0.2) is 0 Å². The lowest BCUT2D eigenvalue weighted by atomic mass is 10.2. The fourth-order valence-electron chi connectivity index (χ4n) is 1.09. The van der Waals surface area contributed by atoms with E-state index in [1.54, 1.807) is 7.11 Å². The fourth-order valence-corrected chi connectivity index (χ4v) is 2.43. The first-order chi connectivity index (χ1) is 6.67. The van der Waals surface area contributed by atoms with Crippen molar-refractivity contribution in [3.8, 4) is 5.75 Å². The Hall–Kier alpha value is -0.350. The third-order valence-corrected chi connectivity index (χ3v) is 3.78. The average Bonchev–Trinajstić information content (AvgIpc) is 2.18. The minimum Gasteiger partial charge on any atom is -0.496 e. The number of halogens is 1. The minimum atomic E-state index is -0.756. The van der Waals surface area contributed by atoms with Crippen molar-refractivity contribution >= 4 is 26.7 Å². The van der Waals surface area contributed by atoms with Crippen LogP contribution in [0.5, 0.6) is 5.75 Å². The molecule has 0 aliphatic rings. The fraction of sp³-hybridized carbons (Fsp3) is 0.400. The number of ether oxygens (including phenoxy) is 1. The number of methoxy groups -OCH3 is 1. The molecule has 0 aromatic heterocycles. The van der Waals surface area contributed by atoms with Crippen LogP contribution in [0.3, 0.4) is 0 Å². The first-order valence-corrected chi connectivity index (χ1v) is 6.63. The minimum absolute atomic E-state index is 0.610. The van der Waals surface area contributed by atoms with E-state index in [4.69, 9.17) is 4.74 Å². The Labute approximate surface area is 95.2 Å². The molecule has 0 amide bonds. The summed E-state index contributed by atoms with van der Waals surface area (Å²) in [5.41, 5.74) is 1.07. The Bertz CT molecular complexity index is 339. The van der Waals surface area contributed by atoms with Crippen molar-refractivity contribution in [2.24, 2.45) is 0 Å². The van der Waals surface area contributed by atoms with Crippen molar-refractivity contribution in [3.05, 3.63) is 28.2 Å². The molecule has 1 rings (SSSR count). The quantitative estimate of drug-likeness (QED) is 0.846. The van der Waals surface area contributed by atoms with E-state index in [0.717, 1.165) is 15.8 Å². The topological polar surface area (TPSA) is 26.3 Å². The van der Waals surface area contributed by atoms with Gasteiger partial charge < -0.3 is 4.74 Å². The molecular formula is C10H13BrO2S. The second-order valence-electron chi connectivity index (χ2n) is 2.84. The molecule has 78 valence electrons. The third kappa shape index (κ3) is 3.10. The summed E-state index contributed by atoms with van der Waals surface area (Å²) in [6.07, 6.45) is 0. The Morgan fingerprint density at radius 3 is 2.71 bits per heavy atom. The van der Waals surface area contributed by atoms with Crippen molar-refractivity contribution in [1.82, 2.24) is 0 Å². The zero-order valence-corrected chi connectivity index (χ0v) is 10.7. The molecule has 0 spiro atoms. The summed E-state index contributed by atoms with van der Waals surface area (Å²) in [6.45, 7) is 1.93. The molecule has 0 aliphatic carbocycles. The zero-order chi connectivity index (χ0) is 10.6. The molecule has 0 aliphatic heterocycles. The molecule has 1 aromatic rings. The van der Waals surface area contributed by atoms with Crippen molar-refractivity contribution in [2.45, 2.75) is 12.7 Å². The highest BCUT2D eigenvalue weighted by atomic mass is 79.9. The molecule has 1 atom stereocenters.